The van der Waals surface area contributed by atoms with E-state index in [1.807, 2.05) is 0 Å². The van der Waals surface area contributed by atoms with Crippen LogP contribution in [0.15, 0.2) is 46.3 Å². The van der Waals surface area contributed by atoms with E-state index >= 15 is 0 Å². The average molecular weight is 553 g/mol. The Morgan fingerprint density at radius 2 is 1.40 bits per heavy atom. The Bertz CT molecular complexity index is 1440. The molecular formula is C30H32O10. The number of ketones is 4. The van der Waals surface area contributed by atoms with Gasteiger partial charge in [0, 0.05) is 23.0 Å². The first kappa shape index (κ1) is 26.2. The van der Waals surface area contributed by atoms with Gasteiger partial charge in [-0.3, -0.25) is 19.2 Å². The molecule has 3 aliphatic carbocycles. The van der Waals surface area contributed by atoms with Crippen molar-refractivity contribution >= 4 is 23.1 Å². The Hall–Kier alpha value is -2.76. The molecule has 212 valence electrons. The van der Waals surface area contributed by atoms with E-state index in [2.05, 4.69) is 0 Å². The van der Waals surface area contributed by atoms with Crippen LogP contribution in [0, 0.1) is 17.3 Å². The summed E-state index contributed by atoms with van der Waals surface area (Å²) in [6, 6.07) is 0. The number of allylic oxidation sites excluding steroid dienone is 2. The lowest BCUT2D eigenvalue weighted by Gasteiger charge is -2.62. The molecule has 2 N–H and O–H groups in total. The molecule has 0 unspecified atom stereocenters. The standard InChI is InChI=1S/C30H32O10/c1-10(2)7-15(31)29-22(34)14-9-37-13(6)20-17-12(5)38-25(28(14,20)24(36)27(29)40-29)19-18(17)21(33)26-30(39-26,23(19)35)16(32)8-11(3)4/h7-9,12-13,15-17,20,25-27,31-32H,1-6H3/t12-,13+,15-,16+,17-,20+,25-,26-,27-,28-,29+,30-/m1/s1. The van der Waals surface area contributed by atoms with Gasteiger partial charge in [-0.1, -0.05) is 23.3 Å². The van der Waals surface area contributed by atoms with Crippen molar-refractivity contribution in [3.05, 3.63) is 46.3 Å². The lowest BCUT2D eigenvalue weighted by Crippen LogP contribution is -2.73. The van der Waals surface area contributed by atoms with E-state index in [1.165, 1.54) is 18.4 Å². The maximum atomic E-state index is 14.6. The molecule has 0 radical (unpaired) electrons. The third-order valence-electron chi connectivity index (χ3n) is 9.92. The van der Waals surface area contributed by atoms with Crippen LogP contribution >= 0.6 is 0 Å². The zero-order valence-corrected chi connectivity index (χ0v) is 23.1. The van der Waals surface area contributed by atoms with Gasteiger partial charge in [-0.05, 0) is 41.5 Å². The summed E-state index contributed by atoms with van der Waals surface area (Å²) in [5, 5.41) is 22.0. The van der Waals surface area contributed by atoms with Crippen LogP contribution in [0.5, 0.6) is 0 Å². The van der Waals surface area contributed by atoms with Gasteiger partial charge in [0.2, 0.25) is 5.78 Å². The second-order valence-corrected chi connectivity index (χ2v) is 12.7. The smallest absolute Gasteiger partial charge is 0.201 e. The number of Topliss-reactive ketones (excluding diaryl/α,β-unsaturated/α-hetero) is 4. The first-order chi connectivity index (χ1) is 18.8. The van der Waals surface area contributed by atoms with Crippen molar-refractivity contribution in [2.24, 2.45) is 17.3 Å². The van der Waals surface area contributed by atoms with Gasteiger partial charge in [-0.2, -0.15) is 0 Å². The van der Waals surface area contributed by atoms with Crippen molar-refractivity contribution in [2.45, 2.75) is 95.5 Å². The number of rotatable bonds is 4. The molecule has 1 saturated carbocycles. The average Bonchev–Trinajstić information content (AvgIpc) is 3.78. The van der Waals surface area contributed by atoms with E-state index in [-0.39, 0.29) is 16.7 Å². The summed E-state index contributed by atoms with van der Waals surface area (Å²) in [4.78, 5) is 56.9. The number of aliphatic hydroxyl groups is 2. The summed E-state index contributed by atoms with van der Waals surface area (Å²) in [6.45, 7) is 10.6. The number of epoxide rings is 2. The lowest BCUT2D eigenvalue weighted by molar-refractivity contribution is -0.205. The van der Waals surface area contributed by atoms with Gasteiger partial charge < -0.3 is 29.2 Å². The molecule has 0 amide bonds. The molecule has 5 heterocycles. The van der Waals surface area contributed by atoms with Gasteiger partial charge in [0.05, 0.1) is 24.0 Å². The molecule has 0 aromatic rings. The van der Waals surface area contributed by atoms with Gasteiger partial charge in [0.25, 0.3) is 0 Å². The summed E-state index contributed by atoms with van der Waals surface area (Å²) < 4.78 is 23.8. The number of carbonyl (C=O) groups is 4. The van der Waals surface area contributed by atoms with Crippen LogP contribution in [-0.4, -0.2) is 87.3 Å². The Kier molecular flexibility index (Phi) is 5.06. The molecule has 4 fully saturated rings. The molecule has 12 atom stereocenters. The summed E-state index contributed by atoms with van der Waals surface area (Å²) in [5.74, 6) is -3.55. The van der Waals surface area contributed by atoms with Crippen molar-refractivity contribution in [3.8, 4) is 0 Å². The van der Waals surface area contributed by atoms with Gasteiger partial charge in [-0.15, -0.1) is 0 Å². The molecule has 10 nitrogen and oxygen atoms in total. The normalized spacial score (nSPS) is 47.0. The number of hydrogen-bond acceptors (Lipinski definition) is 10. The fourth-order valence-electron chi connectivity index (χ4n) is 8.27. The van der Waals surface area contributed by atoms with Gasteiger partial charge >= 0.3 is 0 Å². The van der Waals surface area contributed by atoms with E-state index in [4.69, 9.17) is 18.9 Å². The van der Waals surface area contributed by atoms with Crippen molar-refractivity contribution in [2.75, 3.05) is 0 Å². The molecular weight excluding hydrogens is 520 g/mol. The zero-order chi connectivity index (χ0) is 28.8. The van der Waals surface area contributed by atoms with E-state index in [1.54, 1.807) is 41.5 Å². The van der Waals surface area contributed by atoms with Crippen LogP contribution in [0.1, 0.15) is 41.5 Å². The fraction of sp³-hybridized carbons (Fsp3) is 0.600. The van der Waals surface area contributed by atoms with E-state index in [0.29, 0.717) is 0 Å². The number of aliphatic hydroxyl groups excluding tert-OH is 2. The van der Waals surface area contributed by atoms with Gasteiger partial charge in [0.1, 0.15) is 23.7 Å². The maximum absolute atomic E-state index is 14.6. The van der Waals surface area contributed by atoms with Crippen LogP contribution in [0.4, 0.5) is 0 Å². The molecule has 8 aliphatic rings. The number of fused-ring (bicyclic) bond motifs is 3. The first-order valence-electron chi connectivity index (χ1n) is 13.7. The fourth-order valence-corrected chi connectivity index (χ4v) is 8.27. The Labute approximate surface area is 230 Å². The van der Waals surface area contributed by atoms with Crippen LogP contribution in [-0.2, 0) is 38.1 Å². The highest BCUT2D eigenvalue weighted by atomic mass is 16.6. The summed E-state index contributed by atoms with van der Waals surface area (Å²) in [6.07, 6.45) is -3.41. The first-order valence-corrected chi connectivity index (χ1v) is 13.7. The molecule has 40 heavy (non-hydrogen) atoms. The largest absolute Gasteiger partial charge is 0.498 e. The van der Waals surface area contributed by atoms with E-state index in [9.17, 15) is 29.4 Å². The monoisotopic (exact) mass is 552 g/mol. The predicted octanol–water partition coefficient (Wildman–Crippen LogP) is 0.838. The highest BCUT2D eigenvalue weighted by Gasteiger charge is 2.86. The molecule has 3 saturated heterocycles. The minimum Gasteiger partial charge on any atom is -0.498 e. The number of hydrogen-bond donors (Lipinski definition) is 2. The molecule has 1 spiro atoms. The lowest BCUT2D eigenvalue weighted by atomic mass is 9.44. The minimum atomic E-state index is -1.80. The Balaban J connectivity index is 1.42. The summed E-state index contributed by atoms with van der Waals surface area (Å²) >= 11 is 0. The third kappa shape index (κ3) is 2.68. The Morgan fingerprint density at radius 3 is 2.00 bits per heavy atom. The molecule has 2 bridgehead atoms. The second kappa shape index (κ2) is 7.74. The highest BCUT2D eigenvalue weighted by Crippen LogP contribution is 2.69. The van der Waals surface area contributed by atoms with Gasteiger partial charge in [-0.25, -0.2) is 0 Å². The number of carbonyl (C=O) groups excluding carboxylic acids is 4. The third-order valence-corrected chi connectivity index (χ3v) is 9.92. The van der Waals surface area contributed by atoms with Crippen molar-refractivity contribution < 1.29 is 48.3 Å². The van der Waals surface area contributed by atoms with Crippen LogP contribution in [0.3, 0.4) is 0 Å². The van der Waals surface area contributed by atoms with Crippen LogP contribution < -0.4 is 0 Å². The SMILES string of the molecule is CC(C)=C[C@@H](O)[C@@]12O[C@@H]1C(=O)[C@@]13C(=CO[C@@H](C)[C@H]1[C@H]1C4=C(C(=O)[C@@]5([C@@H](O)C=C(C)C)O[C@@H]5C4=O)[C@H]3O[C@@H]1C)C2=O. The van der Waals surface area contributed by atoms with Gasteiger partial charge in [0.15, 0.2) is 40.8 Å². The van der Waals surface area contributed by atoms with Crippen LogP contribution in [0.2, 0.25) is 0 Å². The number of ether oxygens (including phenoxy) is 4. The van der Waals surface area contributed by atoms with E-state index < -0.39 is 94.3 Å². The second-order valence-electron chi connectivity index (χ2n) is 12.7. The van der Waals surface area contributed by atoms with Crippen molar-refractivity contribution in [1.82, 2.24) is 0 Å². The summed E-state index contributed by atoms with van der Waals surface area (Å²) in [5.41, 5.74) is -3.57. The summed E-state index contributed by atoms with van der Waals surface area (Å²) in [7, 11) is 0. The van der Waals surface area contributed by atoms with Crippen molar-refractivity contribution in [1.29, 1.82) is 0 Å². The molecule has 0 aromatic heterocycles. The van der Waals surface area contributed by atoms with E-state index in [0.717, 1.165) is 11.1 Å². The molecule has 0 aromatic carbocycles. The predicted molar refractivity (Wildman–Crippen MR) is 136 cm³/mol. The molecule has 8 rings (SSSR count). The quantitative estimate of drug-likeness (QED) is 0.379. The Morgan fingerprint density at radius 1 is 0.825 bits per heavy atom. The zero-order valence-electron chi connectivity index (χ0n) is 23.1. The topological polar surface area (TPSA) is 152 Å². The van der Waals surface area contributed by atoms with Crippen molar-refractivity contribution in [3.63, 3.8) is 0 Å². The molecule has 5 aliphatic heterocycles. The maximum Gasteiger partial charge on any atom is 0.201 e. The minimum absolute atomic E-state index is 0.0153. The molecule has 10 heteroatoms. The van der Waals surface area contributed by atoms with Crippen LogP contribution in [0.25, 0.3) is 0 Å². The highest BCUT2D eigenvalue weighted by molar-refractivity contribution is 6.26.